The number of fused-ring (bicyclic) bond motifs is 1. The van der Waals surface area contributed by atoms with Crippen molar-refractivity contribution in [1.29, 1.82) is 0 Å². The van der Waals surface area contributed by atoms with Gasteiger partial charge in [0, 0.05) is 25.7 Å². The third-order valence-electron chi connectivity index (χ3n) is 5.49. The Balaban J connectivity index is 2.03. The predicted octanol–water partition coefficient (Wildman–Crippen LogP) is 3.46. The molecular formula is C23H31ClFN5O2. The fourth-order valence-corrected chi connectivity index (χ4v) is 4.10. The summed E-state index contributed by atoms with van der Waals surface area (Å²) in [6.07, 6.45) is 1.35. The quantitative estimate of drug-likeness (QED) is 0.711. The highest BCUT2D eigenvalue weighted by molar-refractivity contribution is 6.30. The number of carbonyl (C=O) groups is 2. The van der Waals surface area contributed by atoms with E-state index in [0.29, 0.717) is 30.9 Å². The second kappa shape index (κ2) is 9.58. The molecule has 32 heavy (non-hydrogen) atoms. The van der Waals surface area contributed by atoms with Crippen LogP contribution < -0.4 is 10.6 Å². The van der Waals surface area contributed by atoms with Gasteiger partial charge >= 0.3 is 0 Å². The van der Waals surface area contributed by atoms with Crippen LogP contribution in [0, 0.1) is 11.2 Å². The topological polar surface area (TPSA) is 79.3 Å². The monoisotopic (exact) mass is 463 g/mol. The van der Waals surface area contributed by atoms with Crippen molar-refractivity contribution in [1.82, 2.24) is 25.1 Å². The van der Waals surface area contributed by atoms with Crippen molar-refractivity contribution in [3.05, 3.63) is 40.4 Å². The molecule has 0 fully saturated rings. The Kier molecular flexibility index (Phi) is 7.25. The molecule has 2 N–H and O–H groups in total. The van der Waals surface area contributed by atoms with Gasteiger partial charge in [-0.1, -0.05) is 32.4 Å². The molecule has 3 rings (SSSR count). The highest BCUT2D eigenvalue weighted by Crippen LogP contribution is 2.29. The number of likely N-dealkylation sites (N-methyl/N-ethyl adjacent to an activating group) is 1. The first-order chi connectivity index (χ1) is 15.0. The molecule has 2 aromatic rings. The van der Waals surface area contributed by atoms with Crippen LogP contribution in [0.5, 0.6) is 0 Å². The molecule has 2 amide bonds. The molecule has 1 aromatic carbocycles. The van der Waals surface area contributed by atoms with E-state index in [1.165, 1.54) is 12.1 Å². The Labute approximate surface area is 193 Å². The van der Waals surface area contributed by atoms with E-state index in [9.17, 15) is 14.0 Å². The normalized spacial score (nSPS) is 15.6. The number of imidazole rings is 1. The Morgan fingerprint density at radius 2 is 2.00 bits per heavy atom. The van der Waals surface area contributed by atoms with Gasteiger partial charge in [-0.15, -0.1) is 0 Å². The van der Waals surface area contributed by atoms with Gasteiger partial charge in [-0.25, -0.2) is 9.37 Å². The van der Waals surface area contributed by atoms with Crippen LogP contribution in [0.1, 0.15) is 49.8 Å². The van der Waals surface area contributed by atoms with Gasteiger partial charge in [0.1, 0.15) is 17.7 Å². The van der Waals surface area contributed by atoms with Gasteiger partial charge in [0.05, 0.1) is 10.7 Å². The summed E-state index contributed by atoms with van der Waals surface area (Å²) in [5.74, 6) is -0.690. The summed E-state index contributed by atoms with van der Waals surface area (Å²) in [5.41, 5.74) is 1.39. The first-order valence-corrected chi connectivity index (χ1v) is 11.1. The highest BCUT2D eigenvalue weighted by atomic mass is 35.5. The molecular weight excluding hydrogens is 433 g/mol. The van der Waals surface area contributed by atoms with E-state index in [1.807, 2.05) is 32.4 Å². The van der Waals surface area contributed by atoms with Gasteiger partial charge < -0.3 is 20.1 Å². The summed E-state index contributed by atoms with van der Waals surface area (Å²) in [6, 6.07) is 3.83. The van der Waals surface area contributed by atoms with Gasteiger partial charge in [0.15, 0.2) is 5.69 Å². The number of hydrogen-bond donors (Lipinski definition) is 2. The maximum absolute atomic E-state index is 14.2. The van der Waals surface area contributed by atoms with Crippen LogP contribution in [0.15, 0.2) is 18.2 Å². The molecule has 174 valence electrons. The van der Waals surface area contributed by atoms with E-state index in [4.69, 9.17) is 11.6 Å². The molecule has 2 heterocycles. The Morgan fingerprint density at radius 3 is 2.62 bits per heavy atom. The lowest BCUT2D eigenvalue weighted by atomic mass is 9.87. The molecule has 0 aliphatic carbocycles. The summed E-state index contributed by atoms with van der Waals surface area (Å²) in [7, 11) is 3.54. The minimum Gasteiger partial charge on any atom is -0.357 e. The van der Waals surface area contributed by atoms with Gasteiger partial charge in [0.2, 0.25) is 5.91 Å². The number of nitrogens with one attached hydrogen (secondary N) is 2. The zero-order valence-corrected chi connectivity index (χ0v) is 20.0. The van der Waals surface area contributed by atoms with Crippen LogP contribution >= 0.6 is 11.6 Å². The van der Waals surface area contributed by atoms with Crippen LogP contribution in [-0.2, 0) is 17.9 Å². The predicted molar refractivity (Wildman–Crippen MR) is 123 cm³/mol. The van der Waals surface area contributed by atoms with E-state index >= 15 is 0 Å². The number of nitrogens with zero attached hydrogens (tertiary/aromatic N) is 3. The summed E-state index contributed by atoms with van der Waals surface area (Å²) in [5, 5.41) is 5.53. The third-order valence-corrected chi connectivity index (χ3v) is 5.80. The summed E-state index contributed by atoms with van der Waals surface area (Å²) in [4.78, 5) is 32.5. The minimum atomic E-state index is -0.690. The highest BCUT2D eigenvalue weighted by Gasteiger charge is 2.30. The maximum Gasteiger partial charge on any atom is 0.272 e. The van der Waals surface area contributed by atoms with Crippen LogP contribution in [-0.4, -0.2) is 52.9 Å². The zero-order chi connectivity index (χ0) is 23.6. The van der Waals surface area contributed by atoms with Crippen molar-refractivity contribution < 1.29 is 14.0 Å². The summed E-state index contributed by atoms with van der Waals surface area (Å²) >= 11 is 5.85. The van der Waals surface area contributed by atoms with Gasteiger partial charge in [-0.2, -0.15) is 0 Å². The second-order valence-corrected chi connectivity index (χ2v) is 9.91. The molecule has 1 aromatic heterocycles. The standard InChI is InChI=1S/C23H31ClFN5O2/c1-23(2,3)12-17(21(31)26-4)27-22(32)19-18-13-29(5)9-6-10-30(18)20(28-19)14-7-8-15(24)16(25)11-14/h7-8,11,17H,6,9-10,12-13H2,1-5H3,(H,26,31)(H,27,32)/t17-/m0/s1. The van der Waals surface area contributed by atoms with Crippen LogP contribution in [0.4, 0.5) is 4.39 Å². The fraction of sp³-hybridized carbons (Fsp3) is 0.522. The van der Waals surface area contributed by atoms with Crippen LogP contribution in [0.2, 0.25) is 5.02 Å². The number of amides is 2. The Bertz CT molecular complexity index is 1010. The average Bonchev–Trinajstić information content (AvgIpc) is 2.94. The van der Waals surface area contributed by atoms with E-state index < -0.39 is 17.8 Å². The molecule has 0 bridgehead atoms. The molecule has 0 saturated carbocycles. The van der Waals surface area contributed by atoms with Crippen molar-refractivity contribution >= 4 is 23.4 Å². The Morgan fingerprint density at radius 1 is 1.28 bits per heavy atom. The van der Waals surface area contributed by atoms with Gasteiger partial charge in [-0.05, 0) is 50.0 Å². The molecule has 0 spiro atoms. The Hall–Kier alpha value is -2.45. The first kappa shape index (κ1) is 24.2. The fourth-order valence-electron chi connectivity index (χ4n) is 3.98. The molecule has 9 heteroatoms. The van der Waals surface area contributed by atoms with Gasteiger partial charge in [-0.3, -0.25) is 9.59 Å². The number of benzene rings is 1. The van der Waals surface area contributed by atoms with Crippen molar-refractivity contribution in [3.8, 4) is 11.4 Å². The third kappa shape index (κ3) is 5.48. The largest absolute Gasteiger partial charge is 0.357 e. The number of hydrogen-bond acceptors (Lipinski definition) is 4. The molecule has 7 nitrogen and oxygen atoms in total. The maximum atomic E-state index is 14.2. The lowest BCUT2D eigenvalue weighted by Gasteiger charge is -2.25. The smallest absolute Gasteiger partial charge is 0.272 e. The SMILES string of the molecule is CNC(=O)[C@H](CC(C)(C)C)NC(=O)c1nc(-c2ccc(Cl)c(F)c2)n2c1CN(C)CCC2. The lowest BCUT2D eigenvalue weighted by Crippen LogP contribution is -2.47. The summed E-state index contributed by atoms with van der Waals surface area (Å²) < 4.78 is 16.1. The summed E-state index contributed by atoms with van der Waals surface area (Å²) in [6.45, 7) is 8.08. The van der Waals surface area contributed by atoms with Crippen molar-refractivity contribution in [2.24, 2.45) is 5.41 Å². The van der Waals surface area contributed by atoms with Crippen molar-refractivity contribution in [2.45, 2.75) is 52.7 Å². The molecule has 1 aliphatic heterocycles. The average molecular weight is 464 g/mol. The van der Waals surface area contributed by atoms with E-state index in [-0.39, 0.29) is 22.0 Å². The van der Waals surface area contributed by atoms with E-state index in [2.05, 4.69) is 20.5 Å². The molecule has 0 saturated heterocycles. The van der Waals surface area contributed by atoms with Crippen LogP contribution in [0.25, 0.3) is 11.4 Å². The number of carbonyl (C=O) groups excluding carboxylic acids is 2. The number of aromatic nitrogens is 2. The van der Waals surface area contributed by atoms with Crippen molar-refractivity contribution in [2.75, 3.05) is 20.6 Å². The zero-order valence-electron chi connectivity index (χ0n) is 19.3. The number of rotatable bonds is 5. The second-order valence-electron chi connectivity index (χ2n) is 9.51. The van der Waals surface area contributed by atoms with Crippen molar-refractivity contribution in [3.63, 3.8) is 0 Å². The first-order valence-electron chi connectivity index (χ1n) is 10.8. The van der Waals surface area contributed by atoms with E-state index in [1.54, 1.807) is 13.1 Å². The molecule has 0 radical (unpaired) electrons. The van der Waals surface area contributed by atoms with E-state index in [0.717, 1.165) is 18.7 Å². The molecule has 0 unspecified atom stereocenters. The lowest BCUT2D eigenvalue weighted by molar-refractivity contribution is -0.123. The number of halogens is 2. The minimum absolute atomic E-state index is 0.0321. The van der Waals surface area contributed by atoms with Crippen LogP contribution in [0.3, 0.4) is 0 Å². The van der Waals surface area contributed by atoms with Gasteiger partial charge in [0.25, 0.3) is 5.91 Å². The molecule has 1 atom stereocenters. The molecule has 1 aliphatic rings.